The Labute approximate surface area is 98.1 Å². The van der Waals surface area contributed by atoms with Gasteiger partial charge in [-0.15, -0.1) is 0 Å². The lowest BCUT2D eigenvalue weighted by Crippen LogP contribution is -2.43. The summed E-state index contributed by atoms with van der Waals surface area (Å²) < 4.78 is 5.23. The highest BCUT2D eigenvalue weighted by molar-refractivity contribution is 5.76. The topological polar surface area (TPSA) is 55.6 Å². The van der Waals surface area contributed by atoms with Gasteiger partial charge >= 0.3 is 0 Å². The van der Waals surface area contributed by atoms with Crippen LogP contribution in [0, 0.1) is 5.41 Å². The summed E-state index contributed by atoms with van der Waals surface area (Å²) in [7, 11) is 1.84. The molecule has 0 atom stereocenters. The van der Waals surface area contributed by atoms with Crippen LogP contribution >= 0.6 is 0 Å². The van der Waals surface area contributed by atoms with E-state index < -0.39 is 0 Å². The zero-order valence-corrected chi connectivity index (χ0v) is 10.5. The van der Waals surface area contributed by atoms with E-state index in [1.54, 1.807) is 4.90 Å². The summed E-state index contributed by atoms with van der Waals surface area (Å²) in [6.07, 6.45) is 4.03. The first-order chi connectivity index (χ1) is 7.63. The molecule has 1 fully saturated rings. The first kappa shape index (κ1) is 13.5. The van der Waals surface area contributed by atoms with Crippen LogP contribution in [0.4, 0.5) is 0 Å². The second kappa shape index (κ2) is 6.21. The Kier molecular flexibility index (Phi) is 5.22. The number of ether oxygens (including phenoxy) is 1. The van der Waals surface area contributed by atoms with E-state index in [-0.39, 0.29) is 11.3 Å². The Hall–Kier alpha value is -0.610. The van der Waals surface area contributed by atoms with Crippen molar-refractivity contribution in [1.29, 1.82) is 0 Å². The Morgan fingerprint density at radius 2 is 2.19 bits per heavy atom. The van der Waals surface area contributed by atoms with Crippen LogP contribution in [0.3, 0.4) is 0 Å². The zero-order valence-electron chi connectivity index (χ0n) is 10.5. The van der Waals surface area contributed by atoms with E-state index in [2.05, 4.69) is 0 Å². The normalized spacial score (nSPS) is 17.9. The lowest BCUT2D eigenvalue weighted by atomic mass is 9.66. The SMILES string of the molecule is CCOCCN(C)C(=O)CC1(CN)CCC1. The van der Waals surface area contributed by atoms with E-state index in [9.17, 15) is 4.79 Å². The number of rotatable bonds is 7. The molecule has 1 amide bonds. The van der Waals surface area contributed by atoms with Crippen LogP contribution in [0.25, 0.3) is 0 Å². The predicted molar refractivity (Wildman–Crippen MR) is 64.1 cm³/mol. The highest BCUT2D eigenvalue weighted by atomic mass is 16.5. The molecular formula is C12H24N2O2. The van der Waals surface area contributed by atoms with Gasteiger partial charge in [-0.25, -0.2) is 0 Å². The molecule has 94 valence electrons. The molecule has 4 heteroatoms. The molecule has 1 rings (SSSR count). The quantitative estimate of drug-likeness (QED) is 0.661. The summed E-state index contributed by atoms with van der Waals surface area (Å²) in [6, 6.07) is 0. The van der Waals surface area contributed by atoms with E-state index in [1.165, 1.54) is 6.42 Å². The van der Waals surface area contributed by atoms with Crippen LogP contribution < -0.4 is 5.73 Å². The lowest BCUT2D eigenvalue weighted by molar-refractivity contribution is -0.134. The fraction of sp³-hybridized carbons (Fsp3) is 0.917. The molecule has 4 nitrogen and oxygen atoms in total. The maximum atomic E-state index is 11.9. The Morgan fingerprint density at radius 3 is 2.62 bits per heavy atom. The highest BCUT2D eigenvalue weighted by Gasteiger charge is 2.38. The molecule has 0 unspecified atom stereocenters. The highest BCUT2D eigenvalue weighted by Crippen LogP contribution is 2.43. The summed E-state index contributed by atoms with van der Waals surface area (Å²) in [6.45, 7) is 4.59. The first-order valence-corrected chi connectivity index (χ1v) is 6.15. The third-order valence-corrected chi connectivity index (χ3v) is 3.57. The monoisotopic (exact) mass is 228 g/mol. The number of likely N-dealkylation sites (N-methyl/N-ethyl adjacent to an activating group) is 1. The fourth-order valence-corrected chi connectivity index (χ4v) is 2.06. The smallest absolute Gasteiger partial charge is 0.222 e. The van der Waals surface area contributed by atoms with E-state index in [0.29, 0.717) is 32.7 Å². The van der Waals surface area contributed by atoms with Gasteiger partial charge < -0.3 is 15.4 Å². The van der Waals surface area contributed by atoms with Crippen LogP contribution in [0.15, 0.2) is 0 Å². The summed E-state index contributed by atoms with van der Waals surface area (Å²) in [5.41, 5.74) is 5.85. The van der Waals surface area contributed by atoms with Gasteiger partial charge in [-0.2, -0.15) is 0 Å². The summed E-state index contributed by atoms with van der Waals surface area (Å²) in [5.74, 6) is 0.199. The van der Waals surface area contributed by atoms with Crippen molar-refractivity contribution in [3.05, 3.63) is 0 Å². The second-order valence-electron chi connectivity index (χ2n) is 4.75. The number of amides is 1. The van der Waals surface area contributed by atoms with Gasteiger partial charge in [0.15, 0.2) is 0 Å². The number of carbonyl (C=O) groups is 1. The van der Waals surface area contributed by atoms with Crippen molar-refractivity contribution < 1.29 is 9.53 Å². The number of carbonyl (C=O) groups excluding carboxylic acids is 1. The third kappa shape index (κ3) is 3.46. The molecule has 0 spiro atoms. The molecule has 0 aromatic carbocycles. The van der Waals surface area contributed by atoms with Gasteiger partial charge in [0.2, 0.25) is 5.91 Å². The van der Waals surface area contributed by atoms with Crippen molar-refractivity contribution in [1.82, 2.24) is 4.90 Å². The van der Waals surface area contributed by atoms with Crippen molar-refractivity contribution in [2.24, 2.45) is 11.1 Å². The number of hydrogen-bond donors (Lipinski definition) is 1. The third-order valence-electron chi connectivity index (χ3n) is 3.57. The van der Waals surface area contributed by atoms with Crippen LogP contribution in [0.1, 0.15) is 32.6 Å². The van der Waals surface area contributed by atoms with Crippen molar-refractivity contribution in [3.8, 4) is 0 Å². The van der Waals surface area contributed by atoms with Gasteiger partial charge in [-0.05, 0) is 31.7 Å². The molecule has 2 N–H and O–H groups in total. The molecule has 1 aliphatic rings. The minimum Gasteiger partial charge on any atom is -0.380 e. The molecule has 1 saturated carbocycles. The minimum atomic E-state index is 0.108. The summed E-state index contributed by atoms with van der Waals surface area (Å²) >= 11 is 0. The average molecular weight is 228 g/mol. The van der Waals surface area contributed by atoms with Crippen molar-refractivity contribution in [2.75, 3.05) is 33.4 Å². The zero-order chi connectivity index (χ0) is 12.0. The van der Waals surface area contributed by atoms with Gasteiger partial charge in [0.1, 0.15) is 0 Å². The van der Waals surface area contributed by atoms with Crippen LogP contribution in [-0.2, 0) is 9.53 Å². The Morgan fingerprint density at radius 1 is 1.50 bits per heavy atom. The molecule has 1 aliphatic carbocycles. The minimum absolute atomic E-state index is 0.108. The van der Waals surface area contributed by atoms with Gasteiger partial charge in [-0.1, -0.05) is 6.42 Å². The number of nitrogens with two attached hydrogens (primary N) is 1. The molecule has 0 heterocycles. The average Bonchev–Trinajstić information content (AvgIpc) is 2.23. The van der Waals surface area contributed by atoms with Crippen molar-refractivity contribution in [3.63, 3.8) is 0 Å². The maximum absolute atomic E-state index is 11.9. The lowest BCUT2D eigenvalue weighted by Gasteiger charge is -2.41. The van der Waals surface area contributed by atoms with E-state index in [1.807, 2.05) is 14.0 Å². The maximum Gasteiger partial charge on any atom is 0.222 e. The molecule has 0 radical (unpaired) electrons. The number of nitrogens with zero attached hydrogens (tertiary/aromatic N) is 1. The van der Waals surface area contributed by atoms with Crippen molar-refractivity contribution >= 4 is 5.91 Å². The largest absolute Gasteiger partial charge is 0.380 e. The van der Waals surface area contributed by atoms with Gasteiger partial charge in [0.25, 0.3) is 0 Å². The molecule has 0 aromatic heterocycles. The van der Waals surface area contributed by atoms with E-state index >= 15 is 0 Å². The Balaban J connectivity index is 2.27. The fourth-order valence-electron chi connectivity index (χ4n) is 2.06. The van der Waals surface area contributed by atoms with Gasteiger partial charge in [0, 0.05) is 26.6 Å². The molecule has 0 saturated heterocycles. The molecule has 16 heavy (non-hydrogen) atoms. The van der Waals surface area contributed by atoms with Crippen LogP contribution in [-0.4, -0.2) is 44.2 Å². The Bertz CT molecular complexity index is 222. The molecule has 0 bridgehead atoms. The van der Waals surface area contributed by atoms with Crippen LogP contribution in [0.2, 0.25) is 0 Å². The van der Waals surface area contributed by atoms with Crippen LogP contribution in [0.5, 0.6) is 0 Å². The number of hydrogen-bond acceptors (Lipinski definition) is 3. The van der Waals surface area contributed by atoms with Gasteiger partial charge in [0.05, 0.1) is 6.61 Å². The van der Waals surface area contributed by atoms with Crippen molar-refractivity contribution in [2.45, 2.75) is 32.6 Å². The second-order valence-corrected chi connectivity index (χ2v) is 4.75. The molecule has 0 aliphatic heterocycles. The molecule has 0 aromatic rings. The molecular weight excluding hydrogens is 204 g/mol. The predicted octanol–water partition coefficient (Wildman–Crippen LogP) is 1.00. The summed E-state index contributed by atoms with van der Waals surface area (Å²) in [4.78, 5) is 13.7. The van der Waals surface area contributed by atoms with Gasteiger partial charge in [-0.3, -0.25) is 4.79 Å². The first-order valence-electron chi connectivity index (χ1n) is 6.15. The van der Waals surface area contributed by atoms with E-state index in [4.69, 9.17) is 10.5 Å². The standard InChI is InChI=1S/C12H24N2O2/c1-3-16-8-7-14(2)11(15)9-12(10-13)5-4-6-12/h3-10,13H2,1-2H3. The van der Waals surface area contributed by atoms with E-state index in [0.717, 1.165) is 12.8 Å². The summed E-state index contributed by atoms with van der Waals surface area (Å²) in [5, 5.41) is 0.